The first-order valence-corrected chi connectivity index (χ1v) is 9.13. The predicted octanol–water partition coefficient (Wildman–Crippen LogP) is 2.48. The van der Waals surface area contributed by atoms with Gasteiger partial charge in [-0.05, 0) is 37.1 Å². The molecule has 1 aromatic carbocycles. The summed E-state index contributed by atoms with van der Waals surface area (Å²) in [4.78, 5) is 9.15. The number of nitrogens with two attached hydrogens (primary N) is 1. The minimum Gasteiger partial charge on any atom is -0.396 e. The molecule has 1 saturated carbocycles. The first kappa shape index (κ1) is 16.3. The van der Waals surface area contributed by atoms with Crippen molar-refractivity contribution in [1.29, 1.82) is 0 Å². The Hall–Kier alpha value is -2.22. The van der Waals surface area contributed by atoms with Crippen molar-refractivity contribution < 1.29 is 10.2 Å². The highest BCUT2D eigenvalue weighted by atomic mass is 32.1. The number of anilines is 2. The largest absolute Gasteiger partial charge is 0.396 e. The summed E-state index contributed by atoms with van der Waals surface area (Å²) in [5.41, 5.74) is 7.74. The van der Waals surface area contributed by atoms with Crippen LogP contribution in [0, 0.1) is 5.92 Å². The second-order valence-corrected chi connectivity index (χ2v) is 7.47. The normalized spacial score (nSPS) is 23.2. The molecule has 3 aromatic rings. The van der Waals surface area contributed by atoms with Gasteiger partial charge in [0.1, 0.15) is 16.6 Å². The lowest BCUT2D eigenvalue weighted by molar-refractivity contribution is 0.0908. The summed E-state index contributed by atoms with van der Waals surface area (Å²) >= 11 is 1.61. The quantitative estimate of drug-likeness (QED) is 0.572. The Kier molecular flexibility index (Phi) is 4.29. The number of aromatic nitrogens is 2. The zero-order chi connectivity index (χ0) is 17.4. The molecule has 2 heterocycles. The maximum absolute atomic E-state index is 10.0. The number of thiazole rings is 1. The van der Waals surface area contributed by atoms with Crippen molar-refractivity contribution in [3.05, 3.63) is 36.4 Å². The molecule has 7 heteroatoms. The molecule has 5 N–H and O–H groups in total. The highest BCUT2D eigenvalue weighted by molar-refractivity contribution is 7.21. The average Bonchev–Trinajstić information content (AvgIpc) is 3.17. The van der Waals surface area contributed by atoms with Crippen molar-refractivity contribution in [2.24, 2.45) is 5.92 Å². The number of rotatable bonds is 4. The van der Waals surface area contributed by atoms with Crippen LogP contribution >= 0.6 is 11.3 Å². The number of pyridine rings is 1. The molecule has 0 radical (unpaired) electrons. The van der Waals surface area contributed by atoms with E-state index in [9.17, 15) is 10.2 Å². The Labute approximate surface area is 149 Å². The second-order valence-electron chi connectivity index (χ2n) is 6.44. The van der Waals surface area contributed by atoms with Crippen LogP contribution in [-0.4, -0.2) is 38.9 Å². The van der Waals surface area contributed by atoms with Crippen LogP contribution in [0.4, 0.5) is 11.6 Å². The zero-order valence-electron chi connectivity index (χ0n) is 13.6. The van der Waals surface area contributed by atoms with Crippen LogP contribution in [0.5, 0.6) is 0 Å². The summed E-state index contributed by atoms with van der Waals surface area (Å²) in [7, 11) is 0. The lowest BCUT2D eigenvalue weighted by Crippen LogP contribution is -2.18. The molecule has 1 aliphatic rings. The molecule has 1 fully saturated rings. The van der Waals surface area contributed by atoms with Crippen molar-refractivity contribution >= 4 is 33.2 Å². The summed E-state index contributed by atoms with van der Waals surface area (Å²) in [6, 6.07) is 11.8. The van der Waals surface area contributed by atoms with Crippen molar-refractivity contribution in [2.45, 2.75) is 25.0 Å². The third-order valence-corrected chi connectivity index (χ3v) is 5.74. The maximum Gasteiger partial charge on any atom is 0.138 e. The van der Waals surface area contributed by atoms with Gasteiger partial charge in [-0.2, -0.15) is 0 Å². The Morgan fingerprint density at radius 3 is 2.76 bits per heavy atom. The molecule has 130 valence electrons. The average molecular weight is 356 g/mol. The van der Waals surface area contributed by atoms with Crippen molar-refractivity contribution in [3.8, 4) is 10.6 Å². The number of nitrogens with zero attached hydrogens (tertiary/aromatic N) is 2. The number of fused-ring (bicyclic) bond motifs is 1. The van der Waals surface area contributed by atoms with Gasteiger partial charge in [0.25, 0.3) is 0 Å². The number of hydrogen-bond donors (Lipinski definition) is 4. The number of nitrogen functional groups attached to an aromatic ring is 1. The minimum atomic E-state index is -0.491. The smallest absolute Gasteiger partial charge is 0.138 e. The fraction of sp³-hybridized carbons (Fsp3) is 0.333. The first-order chi connectivity index (χ1) is 12.1. The molecule has 2 aromatic heterocycles. The second kappa shape index (κ2) is 6.59. The molecule has 0 bridgehead atoms. The fourth-order valence-corrected chi connectivity index (χ4v) is 4.35. The third-order valence-electron chi connectivity index (χ3n) is 4.67. The van der Waals surface area contributed by atoms with E-state index in [1.807, 2.05) is 30.3 Å². The molecule has 4 rings (SSSR count). The van der Waals surface area contributed by atoms with E-state index in [0.717, 1.165) is 20.8 Å². The zero-order valence-corrected chi connectivity index (χ0v) is 14.4. The molecule has 1 aliphatic carbocycles. The van der Waals surface area contributed by atoms with Gasteiger partial charge >= 0.3 is 0 Å². The Bertz CT molecular complexity index is 865. The molecule has 6 nitrogen and oxygen atoms in total. The Morgan fingerprint density at radius 1 is 1.16 bits per heavy atom. The Balaban J connectivity index is 1.67. The number of para-hydroxylation sites is 1. The highest BCUT2D eigenvalue weighted by Gasteiger charge is 2.33. The van der Waals surface area contributed by atoms with Crippen LogP contribution in [0.25, 0.3) is 20.8 Å². The molecular weight excluding hydrogens is 336 g/mol. The highest BCUT2D eigenvalue weighted by Crippen LogP contribution is 2.36. The van der Waals surface area contributed by atoms with Gasteiger partial charge in [-0.25, -0.2) is 9.97 Å². The van der Waals surface area contributed by atoms with E-state index in [1.165, 1.54) is 0 Å². The maximum atomic E-state index is 10.0. The SMILES string of the molecule is Nc1ccc(-c2nc3ccccc3s2)c(NC2CC(O)C(CO)C2)n1. The van der Waals surface area contributed by atoms with Gasteiger partial charge in [-0.3, -0.25) is 0 Å². The molecule has 0 aliphatic heterocycles. The van der Waals surface area contributed by atoms with Gasteiger partial charge in [0.15, 0.2) is 0 Å². The van der Waals surface area contributed by atoms with E-state index in [2.05, 4.69) is 10.3 Å². The predicted molar refractivity (Wildman–Crippen MR) is 100 cm³/mol. The van der Waals surface area contributed by atoms with Crippen LogP contribution in [0.3, 0.4) is 0 Å². The number of benzene rings is 1. The molecule has 25 heavy (non-hydrogen) atoms. The van der Waals surface area contributed by atoms with E-state index in [4.69, 9.17) is 10.7 Å². The van der Waals surface area contributed by atoms with Gasteiger partial charge in [-0.15, -0.1) is 11.3 Å². The summed E-state index contributed by atoms with van der Waals surface area (Å²) in [6.45, 7) is -0.00553. The summed E-state index contributed by atoms with van der Waals surface area (Å²) in [5.74, 6) is 1.02. The van der Waals surface area contributed by atoms with E-state index >= 15 is 0 Å². The first-order valence-electron chi connectivity index (χ1n) is 8.32. The number of nitrogens with one attached hydrogen (secondary N) is 1. The van der Waals surface area contributed by atoms with Crippen LogP contribution in [-0.2, 0) is 0 Å². The van der Waals surface area contributed by atoms with Crippen molar-refractivity contribution in [2.75, 3.05) is 17.7 Å². The molecular formula is C18H20N4O2S. The summed E-state index contributed by atoms with van der Waals surface area (Å²) in [5, 5.41) is 23.6. The van der Waals surface area contributed by atoms with Gasteiger partial charge in [0, 0.05) is 18.6 Å². The van der Waals surface area contributed by atoms with Crippen LogP contribution < -0.4 is 11.1 Å². The lowest BCUT2D eigenvalue weighted by atomic mass is 10.1. The van der Waals surface area contributed by atoms with Gasteiger partial charge in [0.05, 0.1) is 21.9 Å². The molecule has 3 unspecified atom stereocenters. The summed E-state index contributed by atoms with van der Waals surface area (Å²) in [6.07, 6.45) is 0.795. The van der Waals surface area contributed by atoms with Gasteiger partial charge < -0.3 is 21.3 Å². The Morgan fingerprint density at radius 2 is 2.00 bits per heavy atom. The number of hydrogen-bond acceptors (Lipinski definition) is 7. The number of aliphatic hydroxyl groups is 2. The monoisotopic (exact) mass is 356 g/mol. The summed E-state index contributed by atoms with van der Waals surface area (Å²) < 4.78 is 1.12. The van der Waals surface area contributed by atoms with Crippen LogP contribution in [0.15, 0.2) is 36.4 Å². The minimum absolute atomic E-state index is 0.00553. The van der Waals surface area contributed by atoms with E-state index < -0.39 is 6.10 Å². The molecule has 0 spiro atoms. The van der Waals surface area contributed by atoms with E-state index in [0.29, 0.717) is 24.5 Å². The topological polar surface area (TPSA) is 104 Å². The number of aliphatic hydroxyl groups excluding tert-OH is 2. The van der Waals surface area contributed by atoms with E-state index in [-0.39, 0.29) is 18.6 Å². The van der Waals surface area contributed by atoms with Crippen LogP contribution in [0.2, 0.25) is 0 Å². The third kappa shape index (κ3) is 3.18. The molecule has 3 atom stereocenters. The van der Waals surface area contributed by atoms with Crippen molar-refractivity contribution in [3.63, 3.8) is 0 Å². The van der Waals surface area contributed by atoms with Gasteiger partial charge in [0.2, 0.25) is 0 Å². The van der Waals surface area contributed by atoms with Crippen molar-refractivity contribution in [1.82, 2.24) is 9.97 Å². The molecule has 0 saturated heterocycles. The van der Waals surface area contributed by atoms with Crippen LogP contribution in [0.1, 0.15) is 12.8 Å². The standard InChI is InChI=1S/C18H20N4O2S/c19-16-6-5-12(18-21-13-3-1-2-4-15(13)25-18)17(22-16)20-11-7-10(9-23)14(24)8-11/h1-6,10-11,14,23-24H,7-9H2,(H3,19,20,22). The van der Waals surface area contributed by atoms with E-state index in [1.54, 1.807) is 17.4 Å². The lowest BCUT2D eigenvalue weighted by Gasteiger charge is -2.16. The van der Waals surface area contributed by atoms with Gasteiger partial charge in [-0.1, -0.05) is 12.1 Å². The molecule has 0 amide bonds. The fourth-order valence-electron chi connectivity index (χ4n) is 3.35.